The van der Waals surface area contributed by atoms with Gasteiger partial charge in [0, 0.05) is 16.6 Å². The number of hydrogen-bond donors (Lipinski definition) is 1. The zero-order valence-electron chi connectivity index (χ0n) is 12.3. The van der Waals surface area contributed by atoms with Crippen LogP contribution in [0.3, 0.4) is 0 Å². The molecule has 1 aromatic carbocycles. The Labute approximate surface area is 147 Å². The van der Waals surface area contributed by atoms with Crippen LogP contribution in [0.5, 0.6) is 5.75 Å². The number of carbonyl (C=O) groups is 2. The number of halogens is 1. The number of hydrogen-bond acceptors (Lipinski definition) is 5. The molecule has 1 aliphatic rings. The van der Waals surface area contributed by atoms with Gasteiger partial charge in [-0.1, -0.05) is 22.9 Å². The fourth-order valence-electron chi connectivity index (χ4n) is 2.05. The number of thiocarbonyl (C=S) groups is 1. The van der Waals surface area contributed by atoms with Gasteiger partial charge >= 0.3 is 0 Å². The Morgan fingerprint density at radius 2 is 2.26 bits per heavy atom. The van der Waals surface area contributed by atoms with E-state index in [9.17, 15) is 14.7 Å². The van der Waals surface area contributed by atoms with E-state index in [1.54, 1.807) is 24.3 Å². The molecule has 122 valence electrons. The molecule has 6 nitrogen and oxygen atoms in total. The first-order valence-corrected chi connectivity index (χ1v) is 8.09. The van der Waals surface area contributed by atoms with Crippen molar-refractivity contribution in [2.24, 2.45) is 0 Å². The van der Waals surface area contributed by atoms with Crippen molar-refractivity contribution in [3.63, 3.8) is 0 Å². The van der Waals surface area contributed by atoms with Gasteiger partial charge < -0.3 is 20.0 Å². The third kappa shape index (κ3) is 4.29. The minimum Gasteiger partial charge on any atom is -0.546 e. The number of carboxylic acids is 1. The molecule has 1 amide bonds. The molecule has 2 rings (SSSR count). The maximum atomic E-state index is 12.3. The lowest BCUT2D eigenvalue weighted by atomic mass is 10.1. The van der Waals surface area contributed by atoms with Crippen LogP contribution in [0.4, 0.5) is 0 Å². The summed E-state index contributed by atoms with van der Waals surface area (Å²) in [4.78, 5) is 24.4. The van der Waals surface area contributed by atoms with Gasteiger partial charge in [-0.2, -0.15) is 0 Å². The largest absolute Gasteiger partial charge is 0.546 e. The van der Waals surface area contributed by atoms with Crippen molar-refractivity contribution < 1.29 is 19.4 Å². The lowest BCUT2D eigenvalue weighted by molar-refractivity contribution is -0.307. The first kappa shape index (κ1) is 17.4. The van der Waals surface area contributed by atoms with Gasteiger partial charge in [0.15, 0.2) is 5.11 Å². The summed E-state index contributed by atoms with van der Waals surface area (Å²) in [6.07, 6.45) is 2.37. The third-order valence-electron chi connectivity index (χ3n) is 3.03. The molecule has 0 atom stereocenters. The van der Waals surface area contributed by atoms with E-state index in [-0.39, 0.29) is 5.91 Å². The average molecular weight is 398 g/mol. The molecule has 1 fully saturated rings. The Balaban J connectivity index is 2.31. The van der Waals surface area contributed by atoms with Crippen molar-refractivity contribution in [1.82, 2.24) is 10.2 Å². The topological polar surface area (TPSA) is 81.7 Å². The minimum atomic E-state index is -1.32. The van der Waals surface area contributed by atoms with E-state index in [2.05, 4.69) is 21.2 Å². The van der Waals surface area contributed by atoms with Crippen LogP contribution in [0.1, 0.15) is 18.9 Å². The number of amides is 1. The van der Waals surface area contributed by atoms with Gasteiger partial charge in [0.05, 0.1) is 5.97 Å². The quantitative estimate of drug-likeness (QED) is 0.570. The Hall–Kier alpha value is -1.93. The highest BCUT2D eigenvalue weighted by Gasteiger charge is 2.29. The molecule has 0 saturated carbocycles. The van der Waals surface area contributed by atoms with Crippen LogP contribution in [0, 0.1) is 0 Å². The fraction of sp³-hybridized carbons (Fsp3) is 0.267. The molecule has 1 N–H and O–H groups in total. The molecular weight excluding hydrogens is 384 g/mol. The molecule has 1 saturated heterocycles. The van der Waals surface area contributed by atoms with Gasteiger partial charge in [0.1, 0.15) is 18.1 Å². The zero-order chi connectivity index (χ0) is 17.0. The molecule has 0 bridgehead atoms. The van der Waals surface area contributed by atoms with Crippen molar-refractivity contribution in [3.8, 4) is 5.75 Å². The number of nitrogens with one attached hydrogen (secondary N) is 1. The van der Waals surface area contributed by atoms with Crippen LogP contribution in [0.25, 0.3) is 6.08 Å². The van der Waals surface area contributed by atoms with E-state index >= 15 is 0 Å². The molecule has 1 heterocycles. The van der Waals surface area contributed by atoms with Crippen molar-refractivity contribution >= 4 is 51.2 Å². The minimum absolute atomic E-state index is 0.220. The second-order valence-electron chi connectivity index (χ2n) is 4.79. The van der Waals surface area contributed by atoms with E-state index in [1.807, 2.05) is 6.92 Å². The van der Waals surface area contributed by atoms with Gasteiger partial charge in [-0.3, -0.25) is 9.69 Å². The van der Waals surface area contributed by atoms with Crippen LogP contribution < -0.4 is 15.2 Å². The lowest BCUT2D eigenvalue weighted by Gasteiger charge is -2.11. The van der Waals surface area contributed by atoms with Crippen LogP contribution in [-0.2, 0) is 9.59 Å². The van der Waals surface area contributed by atoms with Crippen molar-refractivity contribution in [1.29, 1.82) is 0 Å². The van der Waals surface area contributed by atoms with E-state index in [1.165, 1.54) is 4.90 Å². The summed E-state index contributed by atoms with van der Waals surface area (Å²) in [6.45, 7) is 1.92. The number of ether oxygens (including phenoxy) is 1. The third-order valence-corrected chi connectivity index (χ3v) is 3.84. The maximum absolute atomic E-state index is 12.3. The second-order valence-corrected chi connectivity index (χ2v) is 6.09. The summed E-state index contributed by atoms with van der Waals surface area (Å²) in [5, 5.41) is 13.8. The molecule has 23 heavy (non-hydrogen) atoms. The van der Waals surface area contributed by atoms with Crippen molar-refractivity contribution in [3.05, 3.63) is 33.9 Å². The Morgan fingerprint density at radius 3 is 2.91 bits per heavy atom. The zero-order valence-corrected chi connectivity index (χ0v) is 14.7. The molecule has 0 aromatic heterocycles. The van der Waals surface area contributed by atoms with Crippen LogP contribution in [-0.4, -0.2) is 35.0 Å². The Kier molecular flexibility index (Phi) is 5.73. The number of benzene rings is 1. The standard InChI is InChI=1S/C15H15BrN2O4S/c1-2-5-18-14(21)11(17-15(18)23)7-9-6-10(16)3-4-12(9)22-8-13(19)20/h3-4,6-7H,2,5,8H2,1H3,(H,17,23)(H,19,20)/p-1. The van der Waals surface area contributed by atoms with Crippen LogP contribution in [0.2, 0.25) is 0 Å². The molecule has 0 aliphatic carbocycles. The molecule has 0 spiro atoms. The van der Waals surface area contributed by atoms with Crippen molar-refractivity contribution in [2.75, 3.05) is 13.2 Å². The summed E-state index contributed by atoms with van der Waals surface area (Å²) < 4.78 is 5.95. The lowest BCUT2D eigenvalue weighted by Crippen LogP contribution is -2.31. The SMILES string of the molecule is CCCN1C(=O)C(=Cc2cc(Br)ccc2OCC(=O)[O-])NC1=S. The fourth-order valence-corrected chi connectivity index (χ4v) is 2.72. The van der Waals surface area contributed by atoms with Crippen molar-refractivity contribution in [2.45, 2.75) is 13.3 Å². The average Bonchev–Trinajstić information content (AvgIpc) is 2.74. The van der Waals surface area contributed by atoms with Gasteiger partial charge in [0.2, 0.25) is 0 Å². The number of carboxylic acid groups (broad SMARTS) is 1. The number of carbonyl (C=O) groups excluding carboxylic acids is 2. The van der Waals surface area contributed by atoms with Crippen LogP contribution >= 0.6 is 28.1 Å². The van der Waals surface area contributed by atoms with Gasteiger partial charge in [0.25, 0.3) is 5.91 Å². The number of aliphatic carboxylic acids is 1. The second kappa shape index (κ2) is 7.56. The highest BCUT2D eigenvalue weighted by atomic mass is 79.9. The predicted octanol–water partition coefficient (Wildman–Crippen LogP) is 1.05. The molecule has 0 unspecified atom stereocenters. The first-order chi connectivity index (χ1) is 10.9. The number of nitrogens with zero attached hydrogens (tertiary/aromatic N) is 1. The number of rotatable bonds is 6. The van der Waals surface area contributed by atoms with Crippen LogP contribution in [0.15, 0.2) is 28.4 Å². The van der Waals surface area contributed by atoms with E-state index in [4.69, 9.17) is 17.0 Å². The highest BCUT2D eigenvalue weighted by Crippen LogP contribution is 2.26. The highest BCUT2D eigenvalue weighted by molar-refractivity contribution is 9.10. The van der Waals surface area contributed by atoms with Gasteiger partial charge in [-0.05, 0) is 42.9 Å². The molecule has 1 aliphatic heterocycles. The van der Waals surface area contributed by atoms with E-state index in [0.717, 1.165) is 10.9 Å². The van der Waals surface area contributed by atoms with E-state index in [0.29, 0.717) is 28.7 Å². The van der Waals surface area contributed by atoms with E-state index < -0.39 is 12.6 Å². The summed E-state index contributed by atoms with van der Waals surface area (Å²) in [5.74, 6) is -1.21. The molecule has 1 aromatic rings. The van der Waals surface area contributed by atoms with Gasteiger partial charge in [-0.15, -0.1) is 0 Å². The summed E-state index contributed by atoms with van der Waals surface area (Å²) >= 11 is 8.48. The first-order valence-electron chi connectivity index (χ1n) is 6.89. The smallest absolute Gasteiger partial charge is 0.276 e. The molecule has 8 heteroatoms. The Bertz CT molecular complexity index is 690. The normalized spacial score (nSPS) is 15.9. The Morgan fingerprint density at radius 1 is 1.52 bits per heavy atom. The monoisotopic (exact) mass is 397 g/mol. The van der Waals surface area contributed by atoms with Gasteiger partial charge in [-0.25, -0.2) is 0 Å². The maximum Gasteiger partial charge on any atom is 0.276 e. The predicted molar refractivity (Wildman–Crippen MR) is 90.4 cm³/mol. The molecular formula is C15H14BrN2O4S-. The summed E-state index contributed by atoms with van der Waals surface area (Å²) in [5.41, 5.74) is 0.873. The molecule has 0 radical (unpaired) electrons. The summed E-state index contributed by atoms with van der Waals surface area (Å²) in [6, 6.07) is 5.05. The summed E-state index contributed by atoms with van der Waals surface area (Å²) in [7, 11) is 0.